The van der Waals surface area contributed by atoms with E-state index >= 15 is 0 Å². The molecule has 25 heavy (non-hydrogen) atoms. The predicted octanol–water partition coefficient (Wildman–Crippen LogP) is 3.50. The Bertz CT molecular complexity index is 712. The van der Waals surface area contributed by atoms with E-state index in [1.54, 1.807) is 0 Å². The number of rotatable bonds is 4. The van der Waals surface area contributed by atoms with Crippen LogP contribution in [0.1, 0.15) is 33.6 Å². The lowest BCUT2D eigenvalue weighted by Crippen LogP contribution is -2.57. The highest BCUT2D eigenvalue weighted by atomic mass is 32.1. The maximum Gasteiger partial charge on any atom is 0.460 e. The van der Waals surface area contributed by atoms with E-state index in [-0.39, 0.29) is 5.56 Å². The largest absolute Gasteiger partial charge is 0.460 e. The number of carbonyl (C=O) groups excluding carboxylic acids is 2. The molecule has 1 aliphatic rings. The molecule has 0 fully saturated rings. The average Bonchev–Trinajstić information content (AvgIpc) is 2.83. The van der Waals surface area contributed by atoms with Gasteiger partial charge in [-0.2, -0.15) is 30.7 Å². The summed E-state index contributed by atoms with van der Waals surface area (Å²) in [6.45, 7) is 0. The van der Waals surface area contributed by atoms with E-state index in [0.29, 0.717) is 47.5 Å². The van der Waals surface area contributed by atoms with Crippen LogP contribution in [-0.4, -0.2) is 29.8 Å². The molecule has 0 spiro atoms. The van der Waals surface area contributed by atoms with E-state index in [9.17, 15) is 40.3 Å². The van der Waals surface area contributed by atoms with Crippen molar-refractivity contribution in [3.63, 3.8) is 0 Å². The predicted molar refractivity (Wildman–Crippen MR) is 74.1 cm³/mol. The van der Waals surface area contributed by atoms with Crippen LogP contribution < -0.4 is 11.1 Å². The van der Waals surface area contributed by atoms with Crippen molar-refractivity contribution in [2.24, 2.45) is 5.73 Å². The van der Waals surface area contributed by atoms with E-state index in [4.69, 9.17) is 5.73 Å². The molecule has 0 saturated heterocycles. The molecule has 1 aromatic rings. The summed E-state index contributed by atoms with van der Waals surface area (Å²) < 4.78 is 89.1. The van der Waals surface area contributed by atoms with Crippen molar-refractivity contribution in [1.82, 2.24) is 0 Å². The molecule has 140 valence electrons. The third kappa shape index (κ3) is 3.18. The highest BCUT2D eigenvalue weighted by molar-refractivity contribution is 7.17. The highest BCUT2D eigenvalue weighted by Crippen LogP contribution is 2.47. The van der Waals surface area contributed by atoms with E-state index in [1.807, 2.05) is 0 Å². The zero-order valence-corrected chi connectivity index (χ0v) is 13.1. The van der Waals surface area contributed by atoms with Gasteiger partial charge in [-0.1, -0.05) is 0 Å². The first-order valence-corrected chi connectivity index (χ1v) is 7.70. The van der Waals surface area contributed by atoms with Gasteiger partial charge >= 0.3 is 23.9 Å². The number of amides is 2. The van der Waals surface area contributed by atoms with E-state index in [0.717, 1.165) is 0 Å². The van der Waals surface area contributed by atoms with Gasteiger partial charge in [0.2, 0.25) is 0 Å². The third-order valence-electron chi connectivity index (χ3n) is 3.68. The van der Waals surface area contributed by atoms with Crippen LogP contribution in [0.2, 0.25) is 0 Å². The molecule has 0 bridgehead atoms. The number of hydrogen-bond donors (Lipinski definition) is 2. The summed E-state index contributed by atoms with van der Waals surface area (Å²) in [4.78, 5) is 23.5. The highest BCUT2D eigenvalue weighted by Gasteiger charge is 2.76. The zero-order chi connectivity index (χ0) is 19.2. The summed E-state index contributed by atoms with van der Waals surface area (Å²) in [7, 11) is 0. The monoisotopic (exact) mass is 392 g/mol. The molecule has 1 aliphatic carbocycles. The maximum atomic E-state index is 13.4. The van der Waals surface area contributed by atoms with Crippen molar-refractivity contribution < 1.29 is 40.3 Å². The van der Waals surface area contributed by atoms with Crippen molar-refractivity contribution in [3.05, 3.63) is 16.0 Å². The number of primary amides is 1. The summed E-state index contributed by atoms with van der Waals surface area (Å²) >= 11 is 0.661. The van der Waals surface area contributed by atoms with Gasteiger partial charge in [0.05, 0.1) is 5.56 Å². The van der Waals surface area contributed by atoms with Crippen LogP contribution in [0.15, 0.2) is 0 Å². The van der Waals surface area contributed by atoms with Gasteiger partial charge in [0.25, 0.3) is 5.91 Å². The standard InChI is InChI=1S/C13H11F7N2O2S/c14-11(15,12(16,17)13(18,19)20)10(24)22-9-7(8(21)23)5-3-1-2-4-6(5)25-9/h1-4H2,(H2,21,23)(H,22,24). The minimum atomic E-state index is -6.63. The quantitative estimate of drug-likeness (QED) is 0.770. The Labute approximate surface area is 140 Å². The molecular weight excluding hydrogens is 381 g/mol. The smallest absolute Gasteiger partial charge is 0.365 e. The first-order valence-electron chi connectivity index (χ1n) is 6.89. The Balaban J connectivity index is 2.38. The zero-order valence-electron chi connectivity index (χ0n) is 12.3. The van der Waals surface area contributed by atoms with Crippen LogP contribution in [-0.2, 0) is 17.6 Å². The van der Waals surface area contributed by atoms with Crippen molar-refractivity contribution in [2.75, 3.05) is 5.32 Å². The van der Waals surface area contributed by atoms with Crippen LogP contribution in [0.3, 0.4) is 0 Å². The minimum Gasteiger partial charge on any atom is -0.365 e. The fraction of sp³-hybridized carbons (Fsp3) is 0.538. The molecule has 0 aromatic carbocycles. The number of fused-ring (bicyclic) bond motifs is 1. The van der Waals surface area contributed by atoms with Crippen molar-refractivity contribution in [1.29, 1.82) is 0 Å². The molecule has 1 heterocycles. The molecular formula is C13H11F7N2O2S. The second-order valence-corrected chi connectivity index (χ2v) is 6.49. The molecule has 0 radical (unpaired) electrons. The molecule has 12 heteroatoms. The molecule has 0 unspecified atom stereocenters. The number of alkyl halides is 7. The fourth-order valence-corrected chi connectivity index (χ4v) is 3.71. The van der Waals surface area contributed by atoms with Crippen molar-refractivity contribution in [3.8, 4) is 0 Å². The number of hydrogen-bond acceptors (Lipinski definition) is 3. The number of aryl methyl sites for hydroxylation is 1. The van der Waals surface area contributed by atoms with Gasteiger partial charge in [-0.05, 0) is 31.2 Å². The summed E-state index contributed by atoms with van der Waals surface area (Å²) in [6, 6.07) is 0. The Morgan fingerprint density at radius 2 is 1.56 bits per heavy atom. The Hall–Kier alpha value is -1.85. The van der Waals surface area contributed by atoms with Gasteiger partial charge in [0.1, 0.15) is 5.00 Å². The number of anilines is 1. The number of nitrogens with one attached hydrogen (secondary N) is 1. The van der Waals surface area contributed by atoms with E-state index < -0.39 is 34.8 Å². The summed E-state index contributed by atoms with van der Waals surface area (Å²) in [5.41, 5.74) is 5.18. The molecule has 3 N–H and O–H groups in total. The lowest BCUT2D eigenvalue weighted by atomic mass is 9.95. The van der Waals surface area contributed by atoms with Crippen molar-refractivity contribution in [2.45, 2.75) is 43.7 Å². The Kier molecular flexibility index (Phi) is 4.79. The van der Waals surface area contributed by atoms with Crippen LogP contribution in [0.25, 0.3) is 0 Å². The minimum absolute atomic E-state index is 0.334. The second kappa shape index (κ2) is 6.15. The van der Waals surface area contributed by atoms with E-state index in [1.165, 1.54) is 5.32 Å². The first-order chi connectivity index (χ1) is 11.3. The molecule has 2 rings (SSSR count). The molecule has 2 amide bonds. The third-order valence-corrected chi connectivity index (χ3v) is 4.89. The number of halogens is 7. The Morgan fingerprint density at radius 1 is 1.00 bits per heavy atom. The summed E-state index contributed by atoms with van der Waals surface area (Å²) in [5, 5.41) is 0.763. The van der Waals surface area contributed by atoms with Crippen molar-refractivity contribution >= 4 is 28.2 Å². The summed E-state index contributed by atoms with van der Waals surface area (Å²) in [6.07, 6.45) is -4.46. The van der Waals surface area contributed by atoms with Crippen LogP contribution in [0.4, 0.5) is 35.7 Å². The molecule has 4 nitrogen and oxygen atoms in total. The number of thiophene rings is 1. The topological polar surface area (TPSA) is 72.2 Å². The van der Waals surface area contributed by atoms with Gasteiger partial charge in [-0.15, -0.1) is 11.3 Å². The van der Waals surface area contributed by atoms with Crippen LogP contribution in [0.5, 0.6) is 0 Å². The second-order valence-electron chi connectivity index (χ2n) is 5.38. The van der Waals surface area contributed by atoms with Crippen LogP contribution >= 0.6 is 11.3 Å². The van der Waals surface area contributed by atoms with Gasteiger partial charge < -0.3 is 11.1 Å². The van der Waals surface area contributed by atoms with Gasteiger partial charge in [-0.25, -0.2) is 0 Å². The fourth-order valence-electron chi connectivity index (χ4n) is 2.42. The molecule has 0 saturated carbocycles. The molecule has 0 atom stereocenters. The maximum absolute atomic E-state index is 13.4. The van der Waals surface area contributed by atoms with Gasteiger partial charge in [0, 0.05) is 4.88 Å². The first kappa shape index (κ1) is 19.5. The lowest BCUT2D eigenvalue weighted by Gasteiger charge is -2.26. The Morgan fingerprint density at radius 3 is 2.08 bits per heavy atom. The molecule has 1 aromatic heterocycles. The summed E-state index contributed by atoms with van der Waals surface area (Å²) in [5.74, 6) is -16.6. The van der Waals surface area contributed by atoms with Gasteiger partial charge in [-0.3, -0.25) is 9.59 Å². The molecule has 0 aliphatic heterocycles. The number of carbonyl (C=O) groups is 2. The lowest BCUT2D eigenvalue weighted by molar-refractivity contribution is -0.343. The SMILES string of the molecule is NC(=O)c1c(NC(=O)C(F)(F)C(F)(F)C(F)(F)F)sc2c1CCCC2. The average molecular weight is 392 g/mol. The normalized spacial score (nSPS) is 15.6. The van der Waals surface area contributed by atoms with Crippen LogP contribution in [0, 0.1) is 0 Å². The van der Waals surface area contributed by atoms with Gasteiger partial charge in [0.15, 0.2) is 0 Å². The number of nitrogens with two attached hydrogens (primary N) is 1. The van der Waals surface area contributed by atoms with E-state index in [2.05, 4.69) is 0 Å².